The number of hydrogen-bond acceptors (Lipinski definition) is 5. The van der Waals surface area contributed by atoms with Gasteiger partial charge in [0.1, 0.15) is 11.6 Å². The van der Waals surface area contributed by atoms with E-state index in [1.165, 1.54) is 6.92 Å². The third-order valence-electron chi connectivity index (χ3n) is 3.27. The summed E-state index contributed by atoms with van der Waals surface area (Å²) in [5.74, 6) is -0.844. The number of nitrogens with zero attached hydrogens (tertiary/aromatic N) is 2. The van der Waals surface area contributed by atoms with Gasteiger partial charge in [0.25, 0.3) is 5.56 Å². The molecule has 0 fully saturated rings. The zero-order valence-corrected chi connectivity index (χ0v) is 13.2. The molecule has 0 spiro atoms. The van der Waals surface area contributed by atoms with E-state index in [1.54, 1.807) is 30.5 Å². The molecule has 5 nitrogen and oxygen atoms in total. The average molecular weight is 314 g/mol. The number of aromatic hydroxyl groups is 1. The number of rotatable bonds is 3. The zero-order valence-electron chi connectivity index (χ0n) is 12.4. The van der Waals surface area contributed by atoms with Gasteiger partial charge in [-0.25, -0.2) is 4.57 Å². The van der Waals surface area contributed by atoms with Gasteiger partial charge in [-0.1, -0.05) is 17.7 Å². The number of aromatic nitrogens is 1. The number of benzene rings is 1. The Labute approximate surface area is 131 Å². The molecule has 0 aliphatic rings. The summed E-state index contributed by atoms with van der Waals surface area (Å²) in [5, 5.41) is 19.7. The zero-order chi connectivity index (χ0) is 16.4. The molecule has 1 aromatic carbocycles. The number of ketones is 1. The predicted octanol–water partition coefficient (Wildman–Crippen LogP) is 2.65. The van der Waals surface area contributed by atoms with Gasteiger partial charge in [0, 0.05) is 4.90 Å². The molecule has 112 valence electrons. The first-order valence-electron chi connectivity index (χ1n) is 6.46. The Morgan fingerprint density at radius 1 is 1.32 bits per heavy atom. The lowest BCUT2D eigenvalue weighted by Crippen LogP contribution is -2.24. The van der Waals surface area contributed by atoms with Crippen LogP contribution in [-0.2, 0) is 0 Å². The van der Waals surface area contributed by atoms with Crippen molar-refractivity contribution in [1.82, 2.24) is 4.57 Å². The van der Waals surface area contributed by atoms with Crippen LogP contribution in [-0.4, -0.2) is 21.7 Å². The highest BCUT2D eigenvalue weighted by molar-refractivity contribution is 7.98. The summed E-state index contributed by atoms with van der Waals surface area (Å²) in [6.07, 6.45) is 1.65. The molecule has 0 amide bonds. The third-order valence-corrected chi connectivity index (χ3v) is 4.08. The highest BCUT2D eigenvalue weighted by Crippen LogP contribution is 2.31. The lowest BCUT2D eigenvalue weighted by molar-refractivity contribution is 0.101. The van der Waals surface area contributed by atoms with Crippen molar-refractivity contribution in [3.63, 3.8) is 0 Å². The number of pyridine rings is 1. The molecule has 0 unspecified atom stereocenters. The molecular weight excluding hydrogens is 300 g/mol. The molecule has 0 bridgehead atoms. The molecule has 6 heteroatoms. The van der Waals surface area contributed by atoms with Gasteiger partial charge >= 0.3 is 0 Å². The van der Waals surface area contributed by atoms with Crippen molar-refractivity contribution in [2.75, 3.05) is 6.26 Å². The maximum atomic E-state index is 12.5. The van der Waals surface area contributed by atoms with Crippen molar-refractivity contribution in [2.24, 2.45) is 0 Å². The number of carbonyl (C=O) groups excluding carboxylic acids is 1. The summed E-state index contributed by atoms with van der Waals surface area (Å²) in [6, 6.07) is 8.71. The van der Waals surface area contributed by atoms with Gasteiger partial charge in [0.2, 0.25) is 5.88 Å². The van der Waals surface area contributed by atoms with E-state index in [1.807, 2.05) is 13.0 Å². The van der Waals surface area contributed by atoms with Crippen molar-refractivity contribution in [3.05, 3.63) is 51.3 Å². The quantitative estimate of drug-likeness (QED) is 0.695. The molecule has 1 heterocycles. The topological polar surface area (TPSA) is 83.1 Å². The third kappa shape index (κ3) is 2.51. The smallest absolute Gasteiger partial charge is 0.277 e. The van der Waals surface area contributed by atoms with Crippen molar-refractivity contribution in [3.8, 4) is 17.6 Å². The molecule has 22 heavy (non-hydrogen) atoms. The van der Waals surface area contributed by atoms with Gasteiger partial charge in [-0.2, -0.15) is 5.26 Å². The Morgan fingerprint density at radius 3 is 2.36 bits per heavy atom. The van der Waals surface area contributed by atoms with Crippen LogP contribution in [0.15, 0.2) is 34.0 Å². The van der Waals surface area contributed by atoms with E-state index in [2.05, 4.69) is 0 Å². The first kappa shape index (κ1) is 15.9. The molecule has 2 rings (SSSR count). The van der Waals surface area contributed by atoms with Crippen LogP contribution in [0.4, 0.5) is 0 Å². The van der Waals surface area contributed by atoms with Crippen LogP contribution in [0, 0.1) is 18.3 Å². The van der Waals surface area contributed by atoms with Crippen molar-refractivity contribution >= 4 is 17.5 Å². The van der Waals surface area contributed by atoms with Crippen molar-refractivity contribution in [1.29, 1.82) is 5.26 Å². The Bertz CT molecular complexity index is 846. The van der Waals surface area contributed by atoms with Gasteiger partial charge in [-0.3, -0.25) is 9.59 Å². The van der Waals surface area contributed by atoms with E-state index in [9.17, 15) is 20.0 Å². The van der Waals surface area contributed by atoms with E-state index in [-0.39, 0.29) is 16.0 Å². The normalized spacial score (nSPS) is 10.3. The Kier molecular flexibility index (Phi) is 4.38. The Hall–Kier alpha value is -2.52. The number of aryl methyl sites for hydroxylation is 1. The maximum absolute atomic E-state index is 12.5. The SMILES string of the molecule is CSc1c(C(C)=O)c(O)n(-c2ccc(C)cc2)c(=O)c1C#N. The van der Waals surface area contributed by atoms with E-state index >= 15 is 0 Å². The maximum Gasteiger partial charge on any atom is 0.277 e. The summed E-state index contributed by atoms with van der Waals surface area (Å²) >= 11 is 1.09. The molecule has 0 saturated carbocycles. The molecule has 1 N–H and O–H groups in total. The predicted molar refractivity (Wildman–Crippen MR) is 84.9 cm³/mol. The molecule has 0 aliphatic heterocycles. The molecule has 2 aromatic rings. The van der Waals surface area contributed by atoms with Crippen LogP contribution < -0.4 is 5.56 Å². The minimum absolute atomic E-state index is 0.00998. The second-order valence-electron chi connectivity index (χ2n) is 4.75. The summed E-state index contributed by atoms with van der Waals surface area (Å²) in [7, 11) is 0. The largest absolute Gasteiger partial charge is 0.494 e. The summed E-state index contributed by atoms with van der Waals surface area (Å²) in [5.41, 5.74) is 0.600. The summed E-state index contributed by atoms with van der Waals surface area (Å²) < 4.78 is 0.994. The molecule has 0 atom stereocenters. The van der Waals surface area contributed by atoms with E-state index in [4.69, 9.17) is 0 Å². The highest BCUT2D eigenvalue weighted by Gasteiger charge is 2.24. The van der Waals surface area contributed by atoms with Crippen molar-refractivity contribution in [2.45, 2.75) is 18.7 Å². The fraction of sp³-hybridized carbons (Fsp3) is 0.188. The standard InChI is InChI=1S/C16H14N2O3S/c1-9-4-6-11(7-5-9)18-15(20)12(8-17)14(22-3)13(10(2)19)16(18)21/h4-7,21H,1-3H3. The molecule has 0 radical (unpaired) electrons. The Morgan fingerprint density at radius 2 is 1.91 bits per heavy atom. The fourth-order valence-corrected chi connectivity index (χ4v) is 2.97. The number of thioether (sulfide) groups is 1. The summed E-state index contributed by atoms with van der Waals surface area (Å²) in [4.78, 5) is 24.6. The lowest BCUT2D eigenvalue weighted by Gasteiger charge is -2.15. The average Bonchev–Trinajstić information content (AvgIpc) is 2.48. The minimum atomic E-state index is -0.641. The van der Waals surface area contributed by atoms with Crippen LogP contribution in [0.3, 0.4) is 0 Å². The molecule has 1 aromatic heterocycles. The van der Waals surface area contributed by atoms with Crippen LogP contribution in [0.5, 0.6) is 5.88 Å². The van der Waals surface area contributed by atoms with E-state index < -0.39 is 17.2 Å². The summed E-state index contributed by atoms with van der Waals surface area (Å²) in [6.45, 7) is 3.19. The van der Waals surface area contributed by atoms with Gasteiger partial charge in [0.05, 0.1) is 11.3 Å². The number of nitriles is 1. The molecule has 0 aliphatic carbocycles. The highest BCUT2D eigenvalue weighted by atomic mass is 32.2. The van der Waals surface area contributed by atoms with E-state index in [0.717, 1.165) is 21.9 Å². The first-order valence-corrected chi connectivity index (χ1v) is 7.68. The van der Waals surface area contributed by atoms with Crippen LogP contribution in [0.25, 0.3) is 5.69 Å². The number of Topliss-reactive ketones (excluding diaryl/α,β-unsaturated/α-hetero) is 1. The fourth-order valence-electron chi connectivity index (χ4n) is 2.20. The minimum Gasteiger partial charge on any atom is -0.494 e. The van der Waals surface area contributed by atoms with Gasteiger partial charge in [-0.05, 0) is 32.2 Å². The second-order valence-corrected chi connectivity index (χ2v) is 5.57. The van der Waals surface area contributed by atoms with Crippen LogP contribution in [0.2, 0.25) is 0 Å². The van der Waals surface area contributed by atoms with Crippen molar-refractivity contribution < 1.29 is 9.90 Å². The molecular formula is C16H14N2O3S. The van der Waals surface area contributed by atoms with Crippen LogP contribution in [0.1, 0.15) is 28.4 Å². The molecule has 0 saturated heterocycles. The first-order chi connectivity index (χ1) is 10.4. The number of hydrogen-bond donors (Lipinski definition) is 1. The van der Waals surface area contributed by atoms with Gasteiger partial charge in [-0.15, -0.1) is 11.8 Å². The lowest BCUT2D eigenvalue weighted by atomic mass is 10.1. The monoisotopic (exact) mass is 314 g/mol. The van der Waals surface area contributed by atoms with Crippen LogP contribution >= 0.6 is 11.8 Å². The van der Waals surface area contributed by atoms with Gasteiger partial charge in [0.15, 0.2) is 5.78 Å². The van der Waals surface area contributed by atoms with Gasteiger partial charge < -0.3 is 5.11 Å². The Balaban J connectivity index is 2.95. The second kappa shape index (κ2) is 6.08. The van der Waals surface area contributed by atoms with E-state index in [0.29, 0.717) is 5.69 Å². The number of carbonyl (C=O) groups is 1.